The zero-order chi connectivity index (χ0) is 12.3. The summed E-state index contributed by atoms with van der Waals surface area (Å²) in [5, 5.41) is 0.617. The number of imidazole rings is 1. The van der Waals surface area contributed by atoms with Gasteiger partial charge in [0.15, 0.2) is 0 Å². The van der Waals surface area contributed by atoms with Gasteiger partial charge in [0.1, 0.15) is 5.75 Å². The molecule has 0 fully saturated rings. The molecule has 2 rings (SSSR count). The van der Waals surface area contributed by atoms with Crippen LogP contribution in [0, 0.1) is 0 Å². The smallest absolute Gasteiger partial charge is 0.301 e. The standard InChI is InChI=1S/C12H14ClN3O/c1-2-16-6-5-15-12(16)17-11-7-10(13)4-3-9(11)8-14/h3-7H,2,8,14H2,1H3. The van der Waals surface area contributed by atoms with Crippen LogP contribution in [0.2, 0.25) is 5.02 Å². The fourth-order valence-corrected chi connectivity index (χ4v) is 1.69. The van der Waals surface area contributed by atoms with E-state index in [1.807, 2.05) is 23.8 Å². The predicted octanol–water partition coefficient (Wildman–Crippen LogP) is 2.81. The van der Waals surface area contributed by atoms with Gasteiger partial charge in [-0.15, -0.1) is 0 Å². The Labute approximate surface area is 105 Å². The van der Waals surface area contributed by atoms with Gasteiger partial charge >= 0.3 is 6.01 Å². The van der Waals surface area contributed by atoms with Crippen LogP contribution >= 0.6 is 11.6 Å². The molecule has 0 unspecified atom stereocenters. The lowest BCUT2D eigenvalue weighted by Crippen LogP contribution is -2.02. The summed E-state index contributed by atoms with van der Waals surface area (Å²) in [5.41, 5.74) is 6.55. The van der Waals surface area contributed by atoms with Gasteiger partial charge in [0.05, 0.1) is 0 Å². The SMILES string of the molecule is CCn1ccnc1Oc1cc(Cl)ccc1CN. The Kier molecular flexibility index (Phi) is 3.66. The van der Waals surface area contributed by atoms with E-state index in [1.54, 1.807) is 18.3 Å². The molecule has 0 saturated carbocycles. The van der Waals surface area contributed by atoms with Gasteiger partial charge in [-0.1, -0.05) is 17.7 Å². The van der Waals surface area contributed by atoms with Crippen molar-refractivity contribution in [2.24, 2.45) is 5.73 Å². The van der Waals surface area contributed by atoms with Gasteiger partial charge < -0.3 is 15.0 Å². The first-order valence-electron chi connectivity index (χ1n) is 5.42. The van der Waals surface area contributed by atoms with Gasteiger partial charge in [0.25, 0.3) is 0 Å². The molecule has 0 bridgehead atoms. The van der Waals surface area contributed by atoms with Crippen LogP contribution in [-0.4, -0.2) is 9.55 Å². The molecule has 0 aliphatic carbocycles. The molecule has 90 valence electrons. The average molecular weight is 252 g/mol. The van der Waals surface area contributed by atoms with Crippen molar-refractivity contribution in [2.45, 2.75) is 20.0 Å². The van der Waals surface area contributed by atoms with Crippen LogP contribution in [0.15, 0.2) is 30.6 Å². The van der Waals surface area contributed by atoms with E-state index >= 15 is 0 Å². The highest BCUT2D eigenvalue weighted by Gasteiger charge is 2.08. The Morgan fingerprint density at radius 2 is 2.29 bits per heavy atom. The van der Waals surface area contributed by atoms with Crippen molar-refractivity contribution >= 4 is 11.6 Å². The van der Waals surface area contributed by atoms with Crippen molar-refractivity contribution < 1.29 is 4.74 Å². The van der Waals surface area contributed by atoms with Crippen LogP contribution in [0.5, 0.6) is 11.8 Å². The lowest BCUT2D eigenvalue weighted by atomic mass is 10.2. The van der Waals surface area contributed by atoms with Crippen LogP contribution in [0.4, 0.5) is 0 Å². The summed E-state index contributed by atoms with van der Waals surface area (Å²) in [6.07, 6.45) is 3.56. The molecule has 0 atom stereocenters. The Balaban J connectivity index is 2.32. The topological polar surface area (TPSA) is 53.1 Å². The molecular weight excluding hydrogens is 238 g/mol. The Morgan fingerprint density at radius 3 is 3.00 bits per heavy atom. The number of nitrogens with two attached hydrogens (primary N) is 1. The Bertz CT molecular complexity index is 510. The average Bonchev–Trinajstić information content (AvgIpc) is 2.77. The van der Waals surface area contributed by atoms with Gasteiger partial charge in [-0.3, -0.25) is 0 Å². The van der Waals surface area contributed by atoms with Crippen molar-refractivity contribution in [3.8, 4) is 11.8 Å². The molecule has 0 aliphatic rings. The molecule has 4 nitrogen and oxygen atoms in total. The Morgan fingerprint density at radius 1 is 1.47 bits per heavy atom. The van der Waals surface area contributed by atoms with Crippen LogP contribution in [0.3, 0.4) is 0 Å². The fourth-order valence-electron chi connectivity index (χ4n) is 1.53. The molecule has 2 aromatic rings. The van der Waals surface area contributed by atoms with E-state index in [-0.39, 0.29) is 0 Å². The van der Waals surface area contributed by atoms with E-state index in [9.17, 15) is 0 Å². The number of benzene rings is 1. The van der Waals surface area contributed by atoms with Crippen molar-refractivity contribution in [1.29, 1.82) is 0 Å². The minimum absolute atomic E-state index is 0.402. The molecule has 17 heavy (non-hydrogen) atoms. The lowest BCUT2D eigenvalue weighted by molar-refractivity contribution is 0.411. The quantitative estimate of drug-likeness (QED) is 0.909. The lowest BCUT2D eigenvalue weighted by Gasteiger charge is -2.10. The van der Waals surface area contributed by atoms with Crippen molar-refractivity contribution in [3.63, 3.8) is 0 Å². The molecule has 0 radical (unpaired) electrons. The Hall–Kier alpha value is -1.52. The number of aryl methyl sites for hydroxylation is 1. The highest BCUT2D eigenvalue weighted by Crippen LogP contribution is 2.27. The van der Waals surface area contributed by atoms with E-state index in [0.29, 0.717) is 23.3 Å². The number of nitrogens with zero attached hydrogens (tertiary/aromatic N) is 2. The normalized spacial score (nSPS) is 10.5. The molecule has 0 aliphatic heterocycles. The third-order valence-corrected chi connectivity index (χ3v) is 2.70. The van der Waals surface area contributed by atoms with E-state index in [0.717, 1.165) is 12.1 Å². The highest BCUT2D eigenvalue weighted by atomic mass is 35.5. The van der Waals surface area contributed by atoms with E-state index in [4.69, 9.17) is 22.1 Å². The predicted molar refractivity (Wildman–Crippen MR) is 67.3 cm³/mol. The minimum atomic E-state index is 0.402. The van der Waals surface area contributed by atoms with Gasteiger partial charge in [-0.2, -0.15) is 0 Å². The van der Waals surface area contributed by atoms with Crippen LogP contribution < -0.4 is 10.5 Å². The zero-order valence-corrected chi connectivity index (χ0v) is 10.3. The van der Waals surface area contributed by atoms with Gasteiger partial charge in [-0.05, 0) is 19.1 Å². The van der Waals surface area contributed by atoms with Crippen LogP contribution in [-0.2, 0) is 13.1 Å². The summed E-state index contributed by atoms with van der Waals surface area (Å²) in [4.78, 5) is 4.14. The van der Waals surface area contributed by atoms with Crippen molar-refractivity contribution in [2.75, 3.05) is 0 Å². The molecule has 1 aromatic carbocycles. The van der Waals surface area contributed by atoms with Gasteiger partial charge in [-0.25, -0.2) is 4.98 Å². The maximum atomic E-state index is 5.94. The van der Waals surface area contributed by atoms with E-state index in [2.05, 4.69) is 4.98 Å². The molecule has 2 N–H and O–H groups in total. The maximum Gasteiger partial charge on any atom is 0.301 e. The highest BCUT2D eigenvalue weighted by molar-refractivity contribution is 6.30. The first-order chi connectivity index (χ1) is 8.24. The van der Waals surface area contributed by atoms with E-state index < -0.39 is 0 Å². The van der Waals surface area contributed by atoms with Crippen LogP contribution in [0.1, 0.15) is 12.5 Å². The molecule has 0 saturated heterocycles. The summed E-state index contributed by atoms with van der Waals surface area (Å²) in [6.45, 7) is 3.23. The molecule has 0 spiro atoms. The second-order valence-electron chi connectivity index (χ2n) is 3.55. The largest absolute Gasteiger partial charge is 0.425 e. The second kappa shape index (κ2) is 5.21. The third-order valence-electron chi connectivity index (χ3n) is 2.47. The van der Waals surface area contributed by atoms with Gasteiger partial charge in [0.2, 0.25) is 0 Å². The first-order valence-corrected chi connectivity index (χ1v) is 5.80. The number of hydrogen-bond acceptors (Lipinski definition) is 3. The van der Waals surface area contributed by atoms with Crippen molar-refractivity contribution in [1.82, 2.24) is 9.55 Å². The van der Waals surface area contributed by atoms with Crippen LogP contribution in [0.25, 0.3) is 0 Å². The van der Waals surface area contributed by atoms with Crippen molar-refractivity contribution in [3.05, 3.63) is 41.2 Å². The molecule has 1 heterocycles. The maximum absolute atomic E-state index is 5.94. The third kappa shape index (κ3) is 2.60. The molecule has 1 aromatic heterocycles. The van der Waals surface area contributed by atoms with E-state index in [1.165, 1.54) is 0 Å². The number of hydrogen-bond donors (Lipinski definition) is 1. The molecular formula is C12H14ClN3O. The minimum Gasteiger partial charge on any atom is -0.425 e. The number of ether oxygens (including phenoxy) is 1. The summed E-state index contributed by atoms with van der Waals surface area (Å²) in [5.74, 6) is 0.654. The summed E-state index contributed by atoms with van der Waals surface area (Å²) < 4.78 is 7.63. The van der Waals surface area contributed by atoms with Gasteiger partial charge in [0, 0.05) is 36.1 Å². The summed E-state index contributed by atoms with van der Waals surface area (Å²) in [6, 6.07) is 5.95. The number of halogens is 1. The number of aromatic nitrogens is 2. The second-order valence-corrected chi connectivity index (χ2v) is 3.99. The fraction of sp³-hybridized carbons (Fsp3) is 0.250. The monoisotopic (exact) mass is 251 g/mol. The number of rotatable bonds is 4. The molecule has 5 heteroatoms. The summed E-state index contributed by atoms with van der Waals surface area (Å²) >= 11 is 5.94. The summed E-state index contributed by atoms with van der Waals surface area (Å²) in [7, 11) is 0. The zero-order valence-electron chi connectivity index (χ0n) is 9.56. The first kappa shape index (κ1) is 12.0. The molecule has 0 amide bonds.